The number of hydrogen-bond acceptors (Lipinski definition) is 3. The van der Waals surface area contributed by atoms with Crippen molar-refractivity contribution in [2.45, 2.75) is 78.2 Å². The van der Waals surface area contributed by atoms with E-state index in [0.717, 1.165) is 25.8 Å². The summed E-state index contributed by atoms with van der Waals surface area (Å²) < 4.78 is 0. The lowest BCUT2D eigenvalue weighted by Gasteiger charge is -2.39. The fourth-order valence-electron chi connectivity index (χ4n) is 3.07. The van der Waals surface area contributed by atoms with E-state index in [0.29, 0.717) is 5.41 Å². The molecule has 1 fully saturated rings. The number of likely N-dealkylation sites (tertiary alicyclic amines) is 1. The maximum absolute atomic E-state index is 9.32. The molecular formula is C18H35N3. The Morgan fingerprint density at radius 2 is 1.90 bits per heavy atom. The van der Waals surface area contributed by atoms with Crippen LogP contribution in [0.25, 0.3) is 0 Å². The molecule has 0 aromatic heterocycles. The van der Waals surface area contributed by atoms with Gasteiger partial charge in [-0.2, -0.15) is 5.26 Å². The van der Waals surface area contributed by atoms with E-state index in [1.807, 2.05) is 6.92 Å². The normalized spacial score (nSPS) is 21.7. The van der Waals surface area contributed by atoms with Gasteiger partial charge in [-0.05, 0) is 77.0 Å². The monoisotopic (exact) mass is 293 g/mol. The van der Waals surface area contributed by atoms with Gasteiger partial charge in [-0.15, -0.1) is 0 Å². The summed E-state index contributed by atoms with van der Waals surface area (Å²) in [7, 11) is 0. The van der Waals surface area contributed by atoms with Gasteiger partial charge in [0.2, 0.25) is 0 Å². The molecule has 1 atom stereocenters. The van der Waals surface area contributed by atoms with Crippen molar-refractivity contribution in [1.29, 1.82) is 5.26 Å². The zero-order valence-corrected chi connectivity index (χ0v) is 14.7. The fourth-order valence-corrected chi connectivity index (χ4v) is 3.07. The van der Waals surface area contributed by atoms with E-state index in [1.165, 1.54) is 45.3 Å². The van der Waals surface area contributed by atoms with Crippen LogP contribution in [0.4, 0.5) is 0 Å². The van der Waals surface area contributed by atoms with Crippen LogP contribution in [-0.2, 0) is 0 Å². The van der Waals surface area contributed by atoms with Crippen molar-refractivity contribution in [2.24, 2.45) is 5.41 Å². The molecule has 0 aromatic carbocycles. The second kappa shape index (κ2) is 8.76. The standard InChI is InChI=1S/C18H35N3/c1-5-12-20-18(4,16-19)9-7-8-13-21-14-10-17(3,6-2)11-15-21/h20H,5-15H2,1-4H3. The average Bonchev–Trinajstić information content (AvgIpc) is 2.51. The Hall–Kier alpha value is -0.590. The molecule has 0 saturated carbocycles. The minimum Gasteiger partial charge on any atom is -0.303 e. The Labute approximate surface area is 132 Å². The number of nitrogens with one attached hydrogen (secondary N) is 1. The SMILES string of the molecule is CCCNC(C)(C#N)CCCCN1CCC(C)(CC)CC1. The zero-order valence-electron chi connectivity index (χ0n) is 14.7. The quantitative estimate of drug-likeness (QED) is 0.654. The number of hydrogen-bond donors (Lipinski definition) is 1. The van der Waals surface area contributed by atoms with Gasteiger partial charge in [0.25, 0.3) is 0 Å². The lowest BCUT2D eigenvalue weighted by Crippen LogP contribution is -2.41. The molecule has 0 bridgehead atoms. The van der Waals surface area contributed by atoms with Crippen molar-refractivity contribution in [1.82, 2.24) is 10.2 Å². The number of unbranched alkanes of at least 4 members (excludes halogenated alkanes) is 1. The van der Waals surface area contributed by atoms with Crippen LogP contribution in [0.15, 0.2) is 0 Å². The third kappa shape index (κ3) is 6.36. The van der Waals surface area contributed by atoms with Crippen molar-refractivity contribution >= 4 is 0 Å². The first kappa shape index (κ1) is 18.5. The molecule has 1 saturated heterocycles. The van der Waals surface area contributed by atoms with Crippen LogP contribution >= 0.6 is 0 Å². The predicted octanol–water partition coefficient (Wildman–Crippen LogP) is 3.95. The summed E-state index contributed by atoms with van der Waals surface area (Å²) in [6.07, 6.45) is 8.40. The molecule has 1 N–H and O–H groups in total. The molecule has 21 heavy (non-hydrogen) atoms. The van der Waals surface area contributed by atoms with Crippen LogP contribution in [0.3, 0.4) is 0 Å². The van der Waals surface area contributed by atoms with Gasteiger partial charge < -0.3 is 4.90 Å². The third-order valence-corrected chi connectivity index (χ3v) is 5.33. The van der Waals surface area contributed by atoms with Crippen LogP contribution in [-0.4, -0.2) is 36.6 Å². The molecule has 0 spiro atoms. The summed E-state index contributed by atoms with van der Waals surface area (Å²) >= 11 is 0. The molecule has 0 amide bonds. The Morgan fingerprint density at radius 3 is 2.43 bits per heavy atom. The van der Waals surface area contributed by atoms with Gasteiger partial charge in [0.05, 0.1) is 6.07 Å². The molecule has 3 heteroatoms. The Kier molecular flexibility index (Phi) is 7.70. The summed E-state index contributed by atoms with van der Waals surface area (Å²) in [5.74, 6) is 0. The van der Waals surface area contributed by atoms with Gasteiger partial charge in [-0.1, -0.05) is 27.2 Å². The van der Waals surface area contributed by atoms with Crippen molar-refractivity contribution in [2.75, 3.05) is 26.2 Å². The molecule has 3 nitrogen and oxygen atoms in total. The van der Waals surface area contributed by atoms with E-state index in [1.54, 1.807) is 0 Å². The van der Waals surface area contributed by atoms with E-state index < -0.39 is 0 Å². The average molecular weight is 293 g/mol. The van der Waals surface area contributed by atoms with Crippen molar-refractivity contribution in [3.05, 3.63) is 0 Å². The lowest BCUT2D eigenvalue weighted by atomic mass is 9.78. The molecular weight excluding hydrogens is 258 g/mol. The van der Waals surface area contributed by atoms with Crippen LogP contribution in [0.1, 0.15) is 72.6 Å². The molecule has 122 valence electrons. The van der Waals surface area contributed by atoms with E-state index in [2.05, 4.69) is 37.1 Å². The Balaban J connectivity index is 2.18. The minimum absolute atomic E-state index is 0.335. The van der Waals surface area contributed by atoms with Gasteiger partial charge >= 0.3 is 0 Å². The van der Waals surface area contributed by atoms with Gasteiger partial charge in [-0.25, -0.2) is 0 Å². The Morgan fingerprint density at radius 1 is 1.24 bits per heavy atom. The number of rotatable bonds is 9. The molecule has 0 aliphatic carbocycles. The Bertz CT molecular complexity index is 326. The lowest BCUT2D eigenvalue weighted by molar-refractivity contribution is 0.113. The molecule has 1 unspecified atom stereocenters. The first-order valence-electron chi connectivity index (χ1n) is 8.85. The van der Waals surface area contributed by atoms with Crippen LogP contribution in [0.2, 0.25) is 0 Å². The maximum Gasteiger partial charge on any atom is 0.103 e. The highest BCUT2D eigenvalue weighted by Gasteiger charge is 2.28. The highest BCUT2D eigenvalue weighted by Crippen LogP contribution is 2.33. The first-order valence-corrected chi connectivity index (χ1v) is 8.85. The first-order chi connectivity index (χ1) is 9.97. The second-order valence-electron chi connectivity index (χ2n) is 7.33. The fraction of sp³-hybridized carbons (Fsp3) is 0.944. The summed E-state index contributed by atoms with van der Waals surface area (Å²) in [4.78, 5) is 2.61. The molecule has 1 heterocycles. The topological polar surface area (TPSA) is 39.1 Å². The van der Waals surface area contributed by atoms with Crippen LogP contribution in [0.5, 0.6) is 0 Å². The smallest absolute Gasteiger partial charge is 0.103 e. The molecule has 1 rings (SSSR count). The van der Waals surface area contributed by atoms with E-state index in [9.17, 15) is 5.26 Å². The molecule has 0 radical (unpaired) electrons. The van der Waals surface area contributed by atoms with Crippen molar-refractivity contribution in [3.8, 4) is 6.07 Å². The number of piperidine rings is 1. The van der Waals surface area contributed by atoms with E-state index >= 15 is 0 Å². The second-order valence-corrected chi connectivity index (χ2v) is 7.33. The van der Waals surface area contributed by atoms with Crippen molar-refractivity contribution < 1.29 is 0 Å². The van der Waals surface area contributed by atoms with Crippen LogP contribution < -0.4 is 5.32 Å². The van der Waals surface area contributed by atoms with Gasteiger partial charge in [0, 0.05) is 0 Å². The van der Waals surface area contributed by atoms with Gasteiger partial charge in [-0.3, -0.25) is 5.32 Å². The van der Waals surface area contributed by atoms with E-state index in [4.69, 9.17) is 0 Å². The summed E-state index contributed by atoms with van der Waals surface area (Å²) in [5, 5.41) is 12.7. The number of nitrogens with zero attached hydrogens (tertiary/aromatic N) is 2. The third-order valence-electron chi connectivity index (χ3n) is 5.33. The van der Waals surface area contributed by atoms with Crippen LogP contribution in [0, 0.1) is 16.7 Å². The van der Waals surface area contributed by atoms with E-state index in [-0.39, 0.29) is 5.54 Å². The molecule has 1 aliphatic heterocycles. The van der Waals surface area contributed by atoms with Gasteiger partial charge in [0.15, 0.2) is 0 Å². The zero-order chi connectivity index (χ0) is 15.8. The molecule has 0 aromatic rings. The number of nitriles is 1. The molecule has 1 aliphatic rings. The van der Waals surface area contributed by atoms with Crippen molar-refractivity contribution in [3.63, 3.8) is 0 Å². The highest BCUT2D eigenvalue weighted by molar-refractivity contribution is 5.03. The van der Waals surface area contributed by atoms with Gasteiger partial charge in [0.1, 0.15) is 5.54 Å². The maximum atomic E-state index is 9.32. The summed E-state index contributed by atoms with van der Waals surface area (Å²) in [5.41, 5.74) is 0.249. The largest absolute Gasteiger partial charge is 0.303 e. The summed E-state index contributed by atoms with van der Waals surface area (Å²) in [6, 6.07) is 2.45. The summed E-state index contributed by atoms with van der Waals surface area (Å²) in [6.45, 7) is 13.6. The highest BCUT2D eigenvalue weighted by atomic mass is 15.1. The minimum atomic E-state index is -0.335. The predicted molar refractivity (Wildman–Crippen MR) is 90.2 cm³/mol.